The third-order valence-corrected chi connectivity index (χ3v) is 5.71. The SMILES string of the molecule is CC(C)[C@H](NC(=O)N1c2ccccc2NC(=O)[C@@H]1C(C)C)C(=O)N[C@@H](C(=O)O)c1ccccc1. The molecule has 9 nitrogen and oxygen atoms in total. The van der Waals surface area contributed by atoms with Gasteiger partial charge in [0.2, 0.25) is 11.8 Å². The van der Waals surface area contributed by atoms with Crippen molar-refractivity contribution in [2.75, 3.05) is 10.2 Å². The Labute approximate surface area is 198 Å². The van der Waals surface area contributed by atoms with Gasteiger partial charge in [0.1, 0.15) is 12.1 Å². The molecular formula is C25H30N4O5. The average Bonchev–Trinajstić information content (AvgIpc) is 2.79. The number of amides is 4. The van der Waals surface area contributed by atoms with Crippen molar-refractivity contribution in [1.29, 1.82) is 0 Å². The molecule has 0 aliphatic carbocycles. The van der Waals surface area contributed by atoms with Gasteiger partial charge in [0.05, 0.1) is 11.4 Å². The van der Waals surface area contributed by atoms with Crippen LogP contribution < -0.4 is 20.9 Å². The molecule has 0 radical (unpaired) electrons. The van der Waals surface area contributed by atoms with E-state index in [0.29, 0.717) is 16.9 Å². The van der Waals surface area contributed by atoms with E-state index in [2.05, 4.69) is 16.0 Å². The van der Waals surface area contributed by atoms with E-state index in [1.165, 1.54) is 4.90 Å². The van der Waals surface area contributed by atoms with Crippen LogP contribution in [0.4, 0.5) is 16.2 Å². The first-order chi connectivity index (χ1) is 16.1. The van der Waals surface area contributed by atoms with Crippen molar-refractivity contribution in [1.82, 2.24) is 10.6 Å². The van der Waals surface area contributed by atoms with Crippen LogP contribution in [0.15, 0.2) is 54.6 Å². The van der Waals surface area contributed by atoms with Crippen molar-refractivity contribution in [3.63, 3.8) is 0 Å². The molecule has 34 heavy (non-hydrogen) atoms. The van der Waals surface area contributed by atoms with Crippen molar-refractivity contribution >= 4 is 35.2 Å². The smallest absolute Gasteiger partial charge is 0.330 e. The van der Waals surface area contributed by atoms with Gasteiger partial charge in [-0.25, -0.2) is 9.59 Å². The van der Waals surface area contributed by atoms with E-state index in [1.807, 2.05) is 13.8 Å². The summed E-state index contributed by atoms with van der Waals surface area (Å²) in [5.74, 6) is -2.70. The Balaban J connectivity index is 1.87. The lowest BCUT2D eigenvalue weighted by Crippen LogP contribution is -2.60. The Morgan fingerprint density at radius 3 is 2.15 bits per heavy atom. The minimum Gasteiger partial charge on any atom is -0.479 e. The second-order valence-corrected chi connectivity index (χ2v) is 8.93. The molecule has 2 aromatic carbocycles. The average molecular weight is 467 g/mol. The molecule has 0 spiro atoms. The number of hydrogen-bond acceptors (Lipinski definition) is 4. The highest BCUT2D eigenvalue weighted by atomic mass is 16.4. The van der Waals surface area contributed by atoms with Gasteiger partial charge in [-0.3, -0.25) is 14.5 Å². The van der Waals surface area contributed by atoms with E-state index < -0.39 is 36.0 Å². The van der Waals surface area contributed by atoms with Gasteiger partial charge in [-0.05, 0) is 29.5 Å². The second-order valence-electron chi connectivity index (χ2n) is 8.93. The lowest BCUT2D eigenvalue weighted by Gasteiger charge is -2.39. The summed E-state index contributed by atoms with van der Waals surface area (Å²) < 4.78 is 0. The number of carboxylic acids is 1. The summed E-state index contributed by atoms with van der Waals surface area (Å²) in [4.78, 5) is 52.6. The summed E-state index contributed by atoms with van der Waals surface area (Å²) in [7, 11) is 0. The molecule has 4 N–H and O–H groups in total. The molecule has 0 bridgehead atoms. The largest absolute Gasteiger partial charge is 0.479 e. The molecule has 2 aromatic rings. The molecule has 0 saturated carbocycles. The second kappa shape index (κ2) is 10.4. The fraction of sp³-hybridized carbons (Fsp3) is 0.360. The van der Waals surface area contributed by atoms with E-state index >= 15 is 0 Å². The molecule has 1 heterocycles. The minimum absolute atomic E-state index is 0.195. The van der Waals surface area contributed by atoms with E-state index in [9.17, 15) is 24.3 Å². The van der Waals surface area contributed by atoms with Crippen LogP contribution in [0, 0.1) is 11.8 Å². The number of anilines is 2. The predicted octanol–water partition coefficient (Wildman–Crippen LogP) is 3.15. The Morgan fingerprint density at radius 2 is 1.56 bits per heavy atom. The fourth-order valence-corrected chi connectivity index (χ4v) is 4.00. The van der Waals surface area contributed by atoms with Gasteiger partial charge < -0.3 is 21.1 Å². The number of rotatable bonds is 7. The van der Waals surface area contributed by atoms with Crippen LogP contribution in [0.5, 0.6) is 0 Å². The van der Waals surface area contributed by atoms with Crippen LogP contribution in [-0.4, -0.2) is 41.0 Å². The van der Waals surface area contributed by atoms with Crippen molar-refractivity contribution in [2.45, 2.75) is 45.8 Å². The van der Waals surface area contributed by atoms with Crippen LogP contribution in [0.1, 0.15) is 39.3 Å². The summed E-state index contributed by atoms with van der Waals surface area (Å²) in [5, 5.41) is 17.8. The highest BCUT2D eigenvalue weighted by Gasteiger charge is 2.40. The Kier molecular flexibility index (Phi) is 7.55. The predicted molar refractivity (Wildman–Crippen MR) is 128 cm³/mol. The van der Waals surface area contributed by atoms with Gasteiger partial charge in [0.15, 0.2) is 6.04 Å². The Hall–Kier alpha value is -3.88. The van der Waals surface area contributed by atoms with Crippen LogP contribution in [0.25, 0.3) is 0 Å². The summed E-state index contributed by atoms with van der Waals surface area (Å²) in [6.45, 7) is 7.17. The number of fused-ring (bicyclic) bond motifs is 1. The molecule has 0 fully saturated rings. The summed E-state index contributed by atoms with van der Waals surface area (Å²) in [6.07, 6.45) is 0. The maximum atomic E-state index is 13.5. The topological polar surface area (TPSA) is 128 Å². The number of para-hydroxylation sites is 2. The van der Waals surface area contributed by atoms with Crippen molar-refractivity contribution in [3.05, 3.63) is 60.2 Å². The number of carbonyl (C=O) groups excluding carboxylic acids is 3. The first kappa shape index (κ1) is 24.8. The molecule has 9 heteroatoms. The van der Waals surface area contributed by atoms with E-state index in [1.54, 1.807) is 68.4 Å². The Morgan fingerprint density at radius 1 is 0.941 bits per heavy atom. The van der Waals surface area contributed by atoms with Crippen molar-refractivity contribution < 1.29 is 24.3 Å². The van der Waals surface area contributed by atoms with Crippen molar-refractivity contribution in [3.8, 4) is 0 Å². The lowest BCUT2D eigenvalue weighted by atomic mass is 9.97. The zero-order valence-electron chi connectivity index (χ0n) is 19.6. The van der Waals surface area contributed by atoms with E-state index in [-0.39, 0.29) is 17.7 Å². The first-order valence-corrected chi connectivity index (χ1v) is 11.2. The molecule has 0 saturated heterocycles. The van der Waals surface area contributed by atoms with Crippen LogP contribution in [0.3, 0.4) is 0 Å². The number of nitrogens with zero attached hydrogens (tertiary/aromatic N) is 1. The molecule has 0 aromatic heterocycles. The lowest BCUT2D eigenvalue weighted by molar-refractivity contribution is -0.142. The van der Waals surface area contributed by atoms with Gasteiger partial charge in [-0.2, -0.15) is 0 Å². The number of carboxylic acid groups (broad SMARTS) is 1. The normalized spacial score (nSPS) is 16.9. The summed E-state index contributed by atoms with van der Waals surface area (Å²) >= 11 is 0. The standard InChI is InChI=1S/C25H30N4O5/c1-14(2)19(22(30)27-20(24(32)33)16-10-6-5-7-11-16)28-25(34)29-18-13-9-8-12-17(18)26-23(31)21(29)15(3)4/h5-15,19-21H,1-4H3,(H,26,31)(H,27,30)(H,28,34)(H,32,33)/t19-,20+,21-/m0/s1. The molecule has 3 atom stereocenters. The van der Waals surface area contributed by atoms with Crippen LogP contribution >= 0.6 is 0 Å². The summed E-state index contributed by atoms with van der Waals surface area (Å²) in [5.41, 5.74) is 1.44. The minimum atomic E-state index is -1.27. The fourth-order valence-electron chi connectivity index (χ4n) is 4.00. The molecule has 0 unspecified atom stereocenters. The van der Waals surface area contributed by atoms with Gasteiger partial charge in [-0.15, -0.1) is 0 Å². The highest BCUT2D eigenvalue weighted by molar-refractivity contribution is 6.12. The van der Waals surface area contributed by atoms with Crippen molar-refractivity contribution in [2.24, 2.45) is 11.8 Å². The van der Waals surface area contributed by atoms with Crippen LogP contribution in [-0.2, 0) is 14.4 Å². The molecule has 1 aliphatic heterocycles. The maximum absolute atomic E-state index is 13.5. The van der Waals surface area contributed by atoms with E-state index in [0.717, 1.165) is 0 Å². The number of hydrogen-bond donors (Lipinski definition) is 4. The van der Waals surface area contributed by atoms with Crippen LogP contribution in [0.2, 0.25) is 0 Å². The number of aliphatic carboxylic acids is 1. The molecule has 180 valence electrons. The first-order valence-electron chi connectivity index (χ1n) is 11.2. The zero-order chi connectivity index (χ0) is 25.0. The monoisotopic (exact) mass is 466 g/mol. The number of nitrogens with one attached hydrogen (secondary N) is 3. The number of urea groups is 1. The third kappa shape index (κ3) is 5.19. The molecule has 1 aliphatic rings. The quantitative estimate of drug-likeness (QED) is 0.498. The maximum Gasteiger partial charge on any atom is 0.330 e. The zero-order valence-corrected chi connectivity index (χ0v) is 19.6. The number of carbonyl (C=O) groups is 4. The molecular weight excluding hydrogens is 436 g/mol. The molecule has 3 rings (SSSR count). The van der Waals surface area contributed by atoms with Gasteiger partial charge >= 0.3 is 12.0 Å². The third-order valence-electron chi connectivity index (χ3n) is 5.71. The van der Waals surface area contributed by atoms with Gasteiger partial charge in [0.25, 0.3) is 0 Å². The van der Waals surface area contributed by atoms with E-state index in [4.69, 9.17) is 0 Å². The Bertz CT molecular complexity index is 1070. The van der Waals surface area contributed by atoms with Gasteiger partial charge in [0, 0.05) is 0 Å². The molecule has 4 amide bonds. The van der Waals surface area contributed by atoms with Gasteiger partial charge in [-0.1, -0.05) is 70.2 Å². The summed E-state index contributed by atoms with van der Waals surface area (Å²) in [6, 6.07) is 11.6. The highest BCUT2D eigenvalue weighted by Crippen LogP contribution is 2.34. The number of benzene rings is 2.